The number of hydrogen-bond donors (Lipinski definition) is 1. The van der Waals surface area contributed by atoms with Gasteiger partial charge in [0.05, 0.1) is 18.4 Å². The van der Waals surface area contributed by atoms with Gasteiger partial charge in [-0.05, 0) is 66.2 Å². The van der Waals surface area contributed by atoms with Crippen LogP contribution in [0.2, 0.25) is 5.02 Å². The van der Waals surface area contributed by atoms with E-state index in [2.05, 4.69) is 5.32 Å². The van der Waals surface area contributed by atoms with E-state index in [1.807, 2.05) is 0 Å². The summed E-state index contributed by atoms with van der Waals surface area (Å²) in [6.07, 6.45) is 1.30. The van der Waals surface area contributed by atoms with Crippen LogP contribution in [0.5, 0.6) is 23.0 Å². The lowest BCUT2D eigenvalue weighted by molar-refractivity contribution is -0.122. The van der Waals surface area contributed by atoms with Gasteiger partial charge in [0.15, 0.2) is 23.0 Å². The van der Waals surface area contributed by atoms with E-state index in [1.165, 1.54) is 61.7 Å². The van der Waals surface area contributed by atoms with Crippen molar-refractivity contribution < 1.29 is 38.1 Å². The predicted molar refractivity (Wildman–Crippen MR) is 131 cm³/mol. The molecule has 10 nitrogen and oxygen atoms in total. The van der Waals surface area contributed by atoms with Crippen LogP contribution in [-0.2, 0) is 9.59 Å². The van der Waals surface area contributed by atoms with E-state index < -0.39 is 23.8 Å². The highest BCUT2D eigenvalue weighted by molar-refractivity contribution is 6.39. The largest absolute Gasteiger partial charge is 0.493 e. The number of esters is 1. The van der Waals surface area contributed by atoms with Gasteiger partial charge in [-0.2, -0.15) is 0 Å². The molecule has 3 aromatic carbocycles. The van der Waals surface area contributed by atoms with Crippen LogP contribution in [0.25, 0.3) is 6.08 Å². The summed E-state index contributed by atoms with van der Waals surface area (Å²) >= 11 is 5.89. The third-order valence-electron chi connectivity index (χ3n) is 5.50. The van der Waals surface area contributed by atoms with Crippen molar-refractivity contribution in [3.63, 3.8) is 0 Å². The van der Waals surface area contributed by atoms with Crippen molar-refractivity contribution in [1.29, 1.82) is 0 Å². The molecule has 4 amide bonds. The molecule has 1 N–H and O–H groups in total. The fourth-order valence-electron chi connectivity index (χ4n) is 3.69. The minimum atomic E-state index is -0.877. The van der Waals surface area contributed by atoms with Gasteiger partial charge in [0, 0.05) is 5.02 Å². The van der Waals surface area contributed by atoms with Crippen LogP contribution in [0, 0.1) is 0 Å². The number of ether oxygens (including phenoxy) is 4. The number of anilines is 1. The smallest absolute Gasteiger partial charge is 0.343 e. The second-order valence-electron chi connectivity index (χ2n) is 7.80. The molecule has 0 aliphatic carbocycles. The molecule has 186 valence electrons. The highest BCUT2D eigenvalue weighted by Crippen LogP contribution is 2.34. The van der Waals surface area contributed by atoms with Crippen molar-refractivity contribution in [3.8, 4) is 23.0 Å². The molecule has 0 atom stereocenters. The molecule has 1 fully saturated rings. The quantitative estimate of drug-likeness (QED) is 0.232. The summed E-state index contributed by atoms with van der Waals surface area (Å²) in [5, 5.41) is 2.57. The number of carbonyl (C=O) groups excluding carboxylic acids is 4. The molecule has 3 aromatic rings. The fourth-order valence-corrected chi connectivity index (χ4v) is 3.82. The number of methoxy groups -OCH3 is 1. The molecule has 2 aliphatic rings. The maximum absolute atomic E-state index is 13.1. The maximum Gasteiger partial charge on any atom is 0.343 e. The standard InChI is InChI=1S/C26H17ClN2O8/c1-34-21-11-14(2-8-20(21)37-25(32)15-3-9-19-22(12-15)36-13-35-19)10-18-23(30)28-26(33)29(24(18)31)17-6-4-16(27)5-7-17/h2-12H,13H2,1H3,(H,28,30,33)/b18-10+. The second-order valence-corrected chi connectivity index (χ2v) is 8.24. The molecular formula is C26H17ClN2O8. The number of barbiturate groups is 1. The van der Waals surface area contributed by atoms with Crippen LogP contribution in [0.15, 0.2) is 66.2 Å². The molecule has 2 heterocycles. The summed E-state index contributed by atoms with van der Waals surface area (Å²) in [4.78, 5) is 51.4. The SMILES string of the molecule is COc1cc(/C=C2\C(=O)NC(=O)N(c3ccc(Cl)cc3)C2=O)ccc1OC(=O)c1ccc2c(c1)OCO2. The molecule has 37 heavy (non-hydrogen) atoms. The Morgan fingerprint density at radius 2 is 1.73 bits per heavy atom. The lowest BCUT2D eigenvalue weighted by Gasteiger charge is -2.26. The molecule has 2 aliphatic heterocycles. The number of hydrogen-bond acceptors (Lipinski definition) is 8. The van der Waals surface area contributed by atoms with E-state index in [0.717, 1.165) is 4.90 Å². The minimum absolute atomic E-state index is 0.0742. The Kier molecular flexibility index (Phi) is 6.24. The monoisotopic (exact) mass is 520 g/mol. The van der Waals surface area contributed by atoms with Crippen LogP contribution in [0.4, 0.5) is 10.5 Å². The molecule has 0 spiro atoms. The van der Waals surface area contributed by atoms with Gasteiger partial charge < -0.3 is 18.9 Å². The number of fused-ring (bicyclic) bond motifs is 1. The van der Waals surface area contributed by atoms with E-state index in [0.29, 0.717) is 22.1 Å². The van der Waals surface area contributed by atoms with E-state index >= 15 is 0 Å². The highest BCUT2D eigenvalue weighted by atomic mass is 35.5. The van der Waals surface area contributed by atoms with Crippen LogP contribution >= 0.6 is 11.6 Å². The molecule has 5 rings (SSSR count). The normalized spacial score (nSPS) is 15.6. The van der Waals surface area contributed by atoms with Gasteiger partial charge >= 0.3 is 12.0 Å². The Labute approximate surface area is 214 Å². The molecular weight excluding hydrogens is 504 g/mol. The molecule has 11 heteroatoms. The first-order chi connectivity index (χ1) is 17.8. The number of halogens is 1. The van der Waals surface area contributed by atoms with Gasteiger partial charge in [0.2, 0.25) is 6.79 Å². The maximum atomic E-state index is 13.1. The average molecular weight is 521 g/mol. The molecule has 0 aromatic heterocycles. The van der Waals surface area contributed by atoms with Crippen LogP contribution in [-0.4, -0.2) is 37.7 Å². The summed E-state index contributed by atoms with van der Waals surface area (Å²) in [6.45, 7) is 0.0742. The van der Waals surface area contributed by atoms with Gasteiger partial charge in [0.25, 0.3) is 11.8 Å². The summed E-state index contributed by atoms with van der Waals surface area (Å²) in [7, 11) is 1.38. The number of urea groups is 1. The van der Waals surface area contributed by atoms with E-state index in [1.54, 1.807) is 12.1 Å². The van der Waals surface area contributed by atoms with Crippen LogP contribution < -0.4 is 29.2 Å². The van der Waals surface area contributed by atoms with Crippen LogP contribution in [0.1, 0.15) is 15.9 Å². The van der Waals surface area contributed by atoms with Crippen molar-refractivity contribution in [3.05, 3.63) is 82.4 Å². The summed E-state index contributed by atoms with van der Waals surface area (Å²) in [5.74, 6) is -1.05. The lowest BCUT2D eigenvalue weighted by atomic mass is 10.1. The Balaban J connectivity index is 1.40. The Bertz CT molecular complexity index is 1480. The van der Waals surface area contributed by atoms with Gasteiger partial charge in [0.1, 0.15) is 5.57 Å². The van der Waals surface area contributed by atoms with Crippen molar-refractivity contribution in [2.45, 2.75) is 0 Å². The zero-order valence-corrected chi connectivity index (χ0v) is 19.9. The zero-order chi connectivity index (χ0) is 26.1. The van der Waals surface area contributed by atoms with Crippen molar-refractivity contribution >= 4 is 47.2 Å². The number of rotatable bonds is 5. The molecule has 0 saturated carbocycles. The number of nitrogens with one attached hydrogen (secondary N) is 1. The molecule has 0 bridgehead atoms. The first-order valence-electron chi connectivity index (χ1n) is 10.8. The summed E-state index contributed by atoms with van der Waals surface area (Å²) in [5.41, 5.74) is 0.605. The number of amides is 4. The Hall–Kier alpha value is -4.83. The number of benzene rings is 3. The summed E-state index contributed by atoms with van der Waals surface area (Å²) < 4.78 is 21.3. The Morgan fingerprint density at radius 1 is 0.973 bits per heavy atom. The first-order valence-corrected chi connectivity index (χ1v) is 11.2. The molecule has 0 unspecified atom stereocenters. The fraction of sp³-hybridized carbons (Fsp3) is 0.0769. The number of imide groups is 2. The second kappa shape index (κ2) is 9.67. The predicted octanol–water partition coefficient (Wildman–Crippen LogP) is 3.96. The number of nitrogens with zero attached hydrogens (tertiary/aromatic N) is 1. The zero-order valence-electron chi connectivity index (χ0n) is 19.1. The summed E-state index contributed by atoms with van der Waals surface area (Å²) in [6, 6.07) is 14.3. The van der Waals surface area contributed by atoms with Crippen molar-refractivity contribution in [1.82, 2.24) is 5.32 Å². The van der Waals surface area contributed by atoms with Gasteiger partial charge in [-0.15, -0.1) is 0 Å². The van der Waals surface area contributed by atoms with Gasteiger partial charge in [-0.3, -0.25) is 14.9 Å². The van der Waals surface area contributed by atoms with Gasteiger partial charge in [-0.1, -0.05) is 17.7 Å². The van der Waals surface area contributed by atoms with Crippen LogP contribution in [0.3, 0.4) is 0 Å². The lowest BCUT2D eigenvalue weighted by Crippen LogP contribution is -2.54. The van der Waals surface area contributed by atoms with E-state index in [9.17, 15) is 19.2 Å². The molecule has 0 radical (unpaired) electrons. The van der Waals surface area contributed by atoms with Gasteiger partial charge in [-0.25, -0.2) is 14.5 Å². The highest BCUT2D eigenvalue weighted by Gasteiger charge is 2.36. The average Bonchev–Trinajstić information content (AvgIpc) is 3.36. The third-order valence-corrected chi connectivity index (χ3v) is 5.75. The van der Waals surface area contributed by atoms with E-state index in [-0.39, 0.29) is 35.1 Å². The van der Waals surface area contributed by atoms with Crippen molar-refractivity contribution in [2.75, 3.05) is 18.8 Å². The third kappa shape index (κ3) is 4.69. The Morgan fingerprint density at radius 3 is 2.49 bits per heavy atom. The van der Waals surface area contributed by atoms with Crippen molar-refractivity contribution in [2.24, 2.45) is 0 Å². The topological polar surface area (TPSA) is 120 Å². The van der Waals surface area contributed by atoms with E-state index in [4.69, 9.17) is 30.5 Å². The molecule has 1 saturated heterocycles. The minimum Gasteiger partial charge on any atom is -0.493 e. The number of carbonyl (C=O) groups is 4. The first kappa shape index (κ1) is 23.9.